The molecule has 1 aromatic heterocycles. The van der Waals surface area contributed by atoms with E-state index in [1.165, 1.54) is 0 Å². The van der Waals surface area contributed by atoms with Crippen LogP contribution >= 0.6 is 0 Å². The molecule has 0 unspecified atom stereocenters. The van der Waals surface area contributed by atoms with Gasteiger partial charge in [0.2, 0.25) is 0 Å². The lowest BCUT2D eigenvalue weighted by Gasteiger charge is -2.04. The standard InChI is InChI=1S/C16H18N2O4/c1-3-5-12-10-14(18-17-12)16(20)22-13-8-6-11(7-9-13)15(19)21-4-2/h6-10H,3-5H2,1-2H3,(H,17,18). The van der Waals surface area contributed by atoms with Gasteiger partial charge in [0.15, 0.2) is 5.69 Å². The van der Waals surface area contributed by atoms with Crippen LogP contribution in [0.15, 0.2) is 30.3 Å². The van der Waals surface area contributed by atoms with Gasteiger partial charge < -0.3 is 9.47 Å². The summed E-state index contributed by atoms with van der Waals surface area (Å²) in [7, 11) is 0. The number of ether oxygens (including phenoxy) is 2. The Kier molecular flexibility index (Phi) is 5.30. The summed E-state index contributed by atoms with van der Waals surface area (Å²) in [5.41, 5.74) is 1.54. The molecule has 22 heavy (non-hydrogen) atoms. The maximum atomic E-state index is 12.0. The Balaban J connectivity index is 2.00. The monoisotopic (exact) mass is 302 g/mol. The maximum Gasteiger partial charge on any atom is 0.364 e. The molecule has 6 heteroatoms. The fourth-order valence-corrected chi connectivity index (χ4v) is 1.90. The molecule has 0 atom stereocenters. The molecule has 0 aliphatic rings. The van der Waals surface area contributed by atoms with Gasteiger partial charge in [0, 0.05) is 5.69 Å². The van der Waals surface area contributed by atoms with Crippen LogP contribution in [0.5, 0.6) is 5.75 Å². The summed E-state index contributed by atoms with van der Waals surface area (Å²) in [6.07, 6.45) is 1.79. The molecule has 0 radical (unpaired) electrons. The molecular formula is C16H18N2O4. The van der Waals surface area contributed by atoms with Crippen molar-refractivity contribution in [2.75, 3.05) is 6.61 Å². The van der Waals surface area contributed by atoms with Gasteiger partial charge in [-0.15, -0.1) is 0 Å². The zero-order chi connectivity index (χ0) is 15.9. The summed E-state index contributed by atoms with van der Waals surface area (Å²) in [5, 5.41) is 6.73. The summed E-state index contributed by atoms with van der Waals surface area (Å²) in [5.74, 6) is -0.600. The van der Waals surface area contributed by atoms with Gasteiger partial charge in [-0.2, -0.15) is 5.10 Å². The van der Waals surface area contributed by atoms with Crippen LogP contribution in [-0.2, 0) is 11.2 Å². The lowest BCUT2D eigenvalue weighted by Crippen LogP contribution is -2.09. The average Bonchev–Trinajstić information content (AvgIpc) is 2.97. The highest BCUT2D eigenvalue weighted by Gasteiger charge is 2.13. The van der Waals surface area contributed by atoms with E-state index in [9.17, 15) is 9.59 Å². The summed E-state index contributed by atoms with van der Waals surface area (Å²) < 4.78 is 10.1. The quantitative estimate of drug-likeness (QED) is 0.655. The average molecular weight is 302 g/mol. The van der Waals surface area contributed by atoms with Crippen LogP contribution in [0.4, 0.5) is 0 Å². The van der Waals surface area contributed by atoms with Crippen LogP contribution in [-0.4, -0.2) is 28.7 Å². The molecule has 116 valence electrons. The molecule has 1 heterocycles. The molecule has 2 aromatic rings. The van der Waals surface area contributed by atoms with E-state index in [0.717, 1.165) is 18.5 Å². The van der Waals surface area contributed by atoms with Crippen LogP contribution in [0.1, 0.15) is 46.8 Å². The Morgan fingerprint density at radius 3 is 2.50 bits per heavy atom. The molecule has 0 saturated heterocycles. The third-order valence-electron chi connectivity index (χ3n) is 2.94. The summed E-state index contributed by atoms with van der Waals surface area (Å²) >= 11 is 0. The van der Waals surface area contributed by atoms with E-state index >= 15 is 0 Å². The van der Waals surface area contributed by atoms with Crippen LogP contribution in [0, 0.1) is 0 Å². The number of carbonyl (C=O) groups is 2. The van der Waals surface area contributed by atoms with Gasteiger partial charge >= 0.3 is 11.9 Å². The second-order valence-electron chi connectivity index (χ2n) is 4.66. The third-order valence-corrected chi connectivity index (χ3v) is 2.94. The van der Waals surface area contributed by atoms with E-state index in [-0.39, 0.29) is 5.69 Å². The van der Waals surface area contributed by atoms with Crippen molar-refractivity contribution in [3.63, 3.8) is 0 Å². The highest BCUT2D eigenvalue weighted by atomic mass is 16.5. The van der Waals surface area contributed by atoms with E-state index in [1.54, 1.807) is 37.3 Å². The Bertz CT molecular complexity index is 646. The van der Waals surface area contributed by atoms with Gasteiger partial charge in [-0.1, -0.05) is 13.3 Å². The van der Waals surface area contributed by atoms with Crippen molar-refractivity contribution in [3.05, 3.63) is 47.3 Å². The predicted molar refractivity (Wildman–Crippen MR) is 79.9 cm³/mol. The molecule has 1 N–H and O–H groups in total. The molecule has 0 spiro atoms. The molecule has 0 bridgehead atoms. The number of rotatable bonds is 6. The number of nitrogens with zero attached hydrogens (tertiary/aromatic N) is 1. The van der Waals surface area contributed by atoms with Gasteiger partial charge in [0.05, 0.1) is 12.2 Å². The number of hydrogen-bond acceptors (Lipinski definition) is 5. The first-order valence-corrected chi connectivity index (χ1v) is 7.17. The predicted octanol–water partition coefficient (Wildman–Crippen LogP) is 2.76. The first-order valence-electron chi connectivity index (χ1n) is 7.17. The van der Waals surface area contributed by atoms with Crippen LogP contribution in [0.2, 0.25) is 0 Å². The first kappa shape index (κ1) is 15.8. The zero-order valence-electron chi connectivity index (χ0n) is 12.6. The third kappa shape index (κ3) is 3.94. The number of benzene rings is 1. The Hall–Kier alpha value is -2.63. The molecule has 0 amide bonds. The van der Waals surface area contributed by atoms with E-state index in [4.69, 9.17) is 9.47 Å². The van der Waals surface area contributed by atoms with E-state index < -0.39 is 11.9 Å². The fraction of sp³-hybridized carbons (Fsp3) is 0.312. The normalized spacial score (nSPS) is 10.3. The van der Waals surface area contributed by atoms with Crippen LogP contribution in [0.25, 0.3) is 0 Å². The van der Waals surface area contributed by atoms with Gasteiger partial charge in [-0.05, 0) is 43.7 Å². The molecular weight excluding hydrogens is 284 g/mol. The Morgan fingerprint density at radius 2 is 1.86 bits per heavy atom. The topological polar surface area (TPSA) is 81.3 Å². The molecule has 1 aromatic carbocycles. The van der Waals surface area contributed by atoms with Crippen molar-refractivity contribution in [2.24, 2.45) is 0 Å². The van der Waals surface area contributed by atoms with Gasteiger partial charge in [0.25, 0.3) is 0 Å². The second-order valence-corrected chi connectivity index (χ2v) is 4.66. The number of esters is 2. The molecule has 0 saturated carbocycles. The molecule has 0 aliphatic heterocycles. The van der Waals surface area contributed by atoms with Crippen molar-refractivity contribution in [1.82, 2.24) is 10.2 Å². The fourth-order valence-electron chi connectivity index (χ4n) is 1.90. The molecule has 2 rings (SSSR count). The summed E-state index contributed by atoms with van der Waals surface area (Å²) in [4.78, 5) is 23.5. The zero-order valence-corrected chi connectivity index (χ0v) is 12.6. The van der Waals surface area contributed by atoms with Crippen molar-refractivity contribution < 1.29 is 19.1 Å². The van der Waals surface area contributed by atoms with Crippen molar-refractivity contribution in [2.45, 2.75) is 26.7 Å². The molecule has 0 fully saturated rings. The number of aryl methyl sites for hydroxylation is 1. The van der Waals surface area contributed by atoms with Crippen molar-refractivity contribution in [3.8, 4) is 5.75 Å². The molecule has 6 nitrogen and oxygen atoms in total. The molecule has 0 aliphatic carbocycles. The van der Waals surface area contributed by atoms with Gasteiger partial charge in [0.1, 0.15) is 5.75 Å². The van der Waals surface area contributed by atoms with Crippen LogP contribution < -0.4 is 4.74 Å². The van der Waals surface area contributed by atoms with E-state index in [1.807, 2.05) is 6.92 Å². The van der Waals surface area contributed by atoms with Crippen molar-refractivity contribution in [1.29, 1.82) is 0 Å². The Morgan fingerprint density at radius 1 is 1.14 bits per heavy atom. The van der Waals surface area contributed by atoms with Crippen molar-refractivity contribution >= 4 is 11.9 Å². The largest absolute Gasteiger partial charge is 0.462 e. The smallest absolute Gasteiger partial charge is 0.364 e. The SMILES string of the molecule is CCCc1cc(C(=O)Oc2ccc(C(=O)OCC)cc2)n[nH]1. The Labute approximate surface area is 128 Å². The minimum absolute atomic E-state index is 0.234. The summed E-state index contributed by atoms with van der Waals surface area (Å²) in [6.45, 7) is 4.10. The number of carbonyl (C=O) groups excluding carboxylic acids is 2. The number of aromatic amines is 1. The van der Waals surface area contributed by atoms with Gasteiger partial charge in [-0.25, -0.2) is 9.59 Å². The van der Waals surface area contributed by atoms with E-state index in [2.05, 4.69) is 10.2 Å². The number of nitrogens with one attached hydrogen (secondary N) is 1. The number of hydrogen-bond donors (Lipinski definition) is 1. The number of aromatic nitrogens is 2. The minimum Gasteiger partial charge on any atom is -0.462 e. The lowest BCUT2D eigenvalue weighted by molar-refractivity contribution is 0.0526. The highest BCUT2D eigenvalue weighted by molar-refractivity contribution is 5.90. The minimum atomic E-state index is -0.539. The number of H-pyrrole nitrogens is 1. The highest BCUT2D eigenvalue weighted by Crippen LogP contribution is 2.15. The lowest BCUT2D eigenvalue weighted by atomic mass is 10.2. The van der Waals surface area contributed by atoms with Crippen LogP contribution in [0.3, 0.4) is 0 Å². The first-order chi connectivity index (χ1) is 10.6. The van der Waals surface area contributed by atoms with E-state index in [0.29, 0.717) is 17.9 Å². The summed E-state index contributed by atoms with van der Waals surface area (Å²) in [6, 6.07) is 7.87. The second kappa shape index (κ2) is 7.40. The maximum absolute atomic E-state index is 12.0. The van der Waals surface area contributed by atoms with Gasteiger partial charge in [-0.3, -0.25) is 5.10 Å².